The molecule has 168 valence electrons. The van der Waals surface area contributed by atoms with Crippen LogP contribution in [0.15, 0.2) is 53.8 Å². The molecule has 0 spiro atoms. The number of piperidine rings is 1. The molecule has 3 aromatic rings. The number of thiazole rings is 1. The summed E-state index contributed by atoms with van der Waals surface area (Å²) in [6, 6.07) is 8.65. The van der Waals surface area contributed by atoms with Crippen LogP contribution in [0, 0.1) is 6.92 Å². The third-order valence-electron chi connectivity index (χ3n) is 5.20. The second-order valence-electron chi connectivity index (χ2n) is 7.73. The van der Waals surface area contributed by atoms with E-state index in [1.165, 1.54) is 31.1 Å². The number of benzene rings is 1. The van der Waals surface area contributed by atoms with Crippen LogP contribution in [0.1, 0.15) is 29.7 Å². The van der Waals surface area contributed by atoms with E-state index in [-0.39, 0.29) is 10.6 Å². The van der Waals surface area contributed by atoms with E-state index in [0.29, 0.717) is 10.0 Å². The molecule has 0 bridgehead atoms. The maximum Gasteiger partial charge on any atom is 0.325 e. The zero-order valence-electron chi connectivity index (χ0n) is 17.7. The van der Waals surface area contributed by atoms with Crippen molar-refractivity contribution in [3.8, 4) is 0 Å². The lowest BCUT2D eigenvalue weighted by Crippen LogP contribution is -2.31. The van der Waals surface area contributed by atoms with Crippen LogP contribution in [0.3, 0.4) is 0 Å². The molecule has 4 rings (SSSR count). The molecule has 2 N–H and O–H groups in total. The Hall–Kier alpha value is -2.98. The van der Waals surface area contributed by atoms with Crippen molar-refractivity contribution < 1.29 is 13.2 Å². The summed E-state index contributed by atoms with van der Waals surface area (Å²) in [6.07, 6.45) is 7.84. The summed E-state index contributed by atoms with van der Waals surface area (Å²) in [4.78, 5) is 23.6. The predicted molar refractivity (Wildman–Crippen MR) is 127 cm³/mol. The Morgan fingerprint density at radius 3 is 2.69 bits per heavy atom. The van der Waals surface area contributed by atoms with Crippen molar-refractivity contribution in [2.75, 3.05) is 28.6 Å². The second kappa shape index (κ2) is 9.66. The van der Waals surface area contributed by atoms with E-state index in [9.17, 15) is 13.2 Å². The third kappa shape index (κ3) is 5.43. The van der Waals surface area contributed by atoms with Crippen molar-refractivity contribution >= 4 is 43.7 Å². The molecule has 1 saturated heterocycles. The van der Waals surface area contributed by atoms with Gasteiger partial charge in [0.1, 0.15) is 0 Å². The fourth-order valence-corrected chi connectivity index (χ4v) is 6.06. The van der Waals surface area contributed by atoms with E-state index < -0.39 is 15.9 Å². The Morgan fingerprint density at radius 1 is 1.12 bits per heavy atom. The molecule has 0 radical (unpaired) electrons. The average molecular weight is 472 g/mol. The first kappa shape index (κ1) is 22.2. The number of amides is 2. The number of nitrogens with one attached hydrogen (secondary N) is 2. The molecule has 2 aromatic heterocycles. The maximum absolute atomic E-state index is 12.6. The van der Waals surface area contributed by atoms with Gasteiger partial charge in [-0.2, -0.15) is 0 Å². The summed E-state index contributed by atoms with van der Waals surface area (Å²) in [6.45, 7) is 3.98. The minimum Gasteiger partial charge on any atom is -0.370 e. The first-order valence-electron chi connectivity index (χ1n) is 10.4. The van der Waals surface area contributed by atoms with Gasteiger partial charge in [-0.1, -0.05) is 6.07 Å². The number of carbonyl (C=O) groups excluding carboxylic acids is 1. The van der Waals surface area contributed by atoms with Crippen LogP contribution in [0.5, 0.6) is 0 Å². The van der Waals surface area contributed by atoms with Crippen molar-refractivity contribution in [3.63, 3.8) is 0 Å². The van der Waals surface area contributed by atoms with E-state index >= 15 is 0 Å². The zero-order chi connectivity index (χ0) is 22.6. The number of anilines is 3. The van der Waals surface area contributed by atoms with Gasteiger partial charge in [-0.25, -0.2) is 18.2 Å². The van der Waals surface area contributed by atoms with Crippen LogP contribution < -0.4 is 15.5 Å². The number of aromatic nitrogens is 2. The monoisotopic (exact) mass is 471 g/mol. The van der Waals surface area contributed by atoms with E-state index in [1.807, 2.05) is 19.1 Å². The number of rotatable bonds is 6. The number of pyridine rings is 1. The molecular formula is C22H25N5O3S2. The fraction of sp³-hybridized carbons (Fsp3) is 0.318. The third-order valence-corrected chi connectivity index (χ3v) is 7.94. The van der Waals surface area contributed by atoms with Gasteiger partial charge in [0, 0.05) is 36.6 Å². The van der Waals surface area contributed by atoms with Crippen LogP contribution in [0.4, 0.5) is 21.3 Å². The Balaban J connectivity index is 1.42. The number of carbonyl (C=O) groups is 1. The lowest BCUT2D eigenvalue weighted by molar-refractivity contribution is 0.262. The smallest absolute Gasteiger partial charge is 0.325 e. The van der Waals surface area contributed by atoms with Gasteiger partial charge in [-0.05, 0) is 56.0 Å². The molecule has 3 heterocycles. The van der Waals surface area contributed by atoms with Crippen LogP contribution >= 0.6 is 11.3 Å². The Bertz CT molecular complexity index is 1190. The highest BCUT2D eigenvalue weighted by molar-refractivity contribution is 7.90. The molecule has 10 heteroatoms. The number of urea groups is 1. The summed E-state index contributed by atoms with van der Waals surface area (Å²) < 4.78 is 25.0. The van der Waals surface area contributed by atoms with Gasteiger partial charge in [-0.3, -0.25) is 10.3 Å². The predicted octanol–water partition coefficient (Wildman–Crippen LogP) is 4.45. The van der Waals surface area contributed by atoms with Crippen LogP contribution in [0.2, 0.25) is 0 Å². The van der Waals surface area contributed by atoms with Crippen LogP contribution in [-0.4, -0.2) is 37.5 Å². The second-order valence-corrected chi connectivity index (χ2v) is 10.8. The molecule has 1 aromatic carbocycles. The molecule has 1 aliphatic heterocycles. The topological polar surface area (TPSA) is 104 Å². The zero-order valence-corrected chi connectivity index (χ0v) is 19.4. The molecule has 1 fully saturated rings. The summed E-state index contributed by atoms with van der Waals surface area (Å²) in [5.41, 5.74) is 2.89. The van der Waals surface area contributed by atoms with Crippen molar-refractivity contribution in [3.05, 3.63) is 59.4 Å². The van der Waals surface area contributed by atoms with Crippen LogP contribution in [0.25, 0.3) is 0 Å². The fourth-order valence-electron chi connectivity index (χ4n) is 3.63. The minimum atomic E-state index is -3.53. The number of hydrogen-bond acceptors (Lipinski definition) is 7. The maximum atomic E-state index is 12.6. The quantitative estimate of drug-likeness (QED) is 0.550. The lowest BCUT2D eigenvalue weighted by Gasteiger charge is -2.30. The molecular weight excluding hydrogens is 446 g/mol. The molecule has 2 amide bonds. The van der Waals surface area contributed by atoms with E-state index in [1.54, 1.807) is 6.07 Å². The van der Waals surface area contributed by atoms with Crippen molar-refractivity contribution in [1.29, 1.82) is 0 Å². The SMILES string of the molecule is Cc1ccc(NC(=O)Nc2ncc(CS(=O)(=O)c3cccnc3)s2)c(N2CCCCC2)c1. The summed E-state index contributed by atoms with van der Waals surface area (Å²) in [5, 5.41) is 5.97. The standard InChI is InChI=1S/C22H25N5O3S2/c1-16-7-8-19(20(12-16)27-10-3-2-4-11-27)25-21(28)26-22-24-13-17(31-22)15-32(29,30)18-6-5-9-23-14-18/h5-9,12-14H,2-4,10-11,15H2,1H3,(H2,24,25,26,28). The highest BCUT2D eigenvalue weighted by Gasteiger charge is 2.19. The Morgan fingerprint density at radius 2 is 1.94 bits per heavy atom. The van der Waals surface area contributed by atoms with E-state index in [2.05, 4.69) is 31.6 Å². The van der Waals surface area contributed by atoms with E-state index in [0.717, 1.165) is 54.2 Å². The summed E-state index contributed by atoms with van der Waals surface area (Å²) in [5.74, 6) is -0.198. The van der Waals surface area contributed by atoms with Gasteiger partial charge in [0.2, 0.25) is 0 Å². The Labute approximate surface area is 191 Å². The highest BCUT2D eigenvalue weighted by atomic mass is 32.2. The molecule has 0 atom stereocenters. The van der Waals surface area contributed by atoms with Gasteiger partial charge in [-0.15, -0.1) is 11.3 Å². The largest absolute Gasteiger partial charge is 0.370 e. The molecule has 0 aliphatic carbocycles. The van der Waals surface area contributed by atoms with Gasteiger partial charge in [0.25, 0.3) is 0 Å². The highest BCUT2D eigenvalue weighted by Crippen LogP contribution is 2.30. The van der Waals surface area contributed by atoms with Gasteiger partial charge in [0.15, 0.2) is 15.0 Å². The molecule has 32 heavy (non-hydrogen) atoms. The Kier molecular flexibility index (Phi) is 6.71. The summed E-state index contributed by atoms with van der Waals surface area (Å²) >= 11 is 1.13. The van der Waals surface area contributed by atoms with Crippen molar-refractivity contribution in [2.24, 2.45) is 0 Å². The number of hydrogen-bond donors (Lipinski definition) is 2. The first-order chi connectivity index (χ1) is 15.4. The number of aryl methyl sites for hydroxylation is 1. The number of sulfone groups is 1. The molecule has 8 nitrogen and oxygen atoms in total. The van der Waals surface area contributed by atoms with Gasteiger partial charge >= 0.3 is 6.03 Å². The summed E-state index contributed by atoms with van der Waals surface area (Å²) in [7, 11) is -3.53. The normalized spacial score (nSPS) is 14.2. The van der Waals surface area contributed by atoms with Gasteiger partial charge in [0.05, 0.1) is 22.0 Å². The van der Waals surface area contributed by atoms with Crippen LogP contribution in [-0.2, 0) is 15.6 Å². The van der Waals surface area contributed by atoms with Crippen molar-refractivity contribution in [1.82, 2.24) is 9.97 Å². The van der Waals surface area contributed by atoms with Gasteiger partial charge < -0.3 is 10.2 Å². The van der Waals surface area contributed by atoms with E-state index in [4.69, 9.17) is 0 Å². The number of nitrogens with zero attached hydrogens (tertiary/aromatic N) is 3. The van der Waals surface area contributed by atoms with Crippen molar-refractivity contribution in [2.45, 2.75) is 36.8 Å². The lowest BCUT2D eigenvalue weighted by atomic mass is 10.1. The minimum absolute atomic E-state index is 0.158. The molecule has 0 unspecified atom stereocenters. The average Bonchev–Trinajstić information content (AvgIpc) is 3.22. The molecule has 0 saturated carbocycles. The molecule has 1 aliphatic rings. The first-order valence-corrected chi connectivity index (χ1v) is 12.9.